The van der Waals surface area contributed by atoms with Crippen LogP contribution in [0.2, 0.25) is 0 Å². The van der Waals surface area contributed by atoms with Crippen LogP contribution in [0.1, 0.15) is 43.7 Å². The summed E-state index contributed by atoms with van der Waals surface area (Å²) in [4.78, 5) is 14.3. The van der Waals surface area contributed by atoms with Crippen molar-refractivity contribution in [2.45, 2.75) is 44.9 Å². The van der Waals surface area contributed by atoms with Crippen LogP contribution in [-0.2, 0) is 5.41 Å². The van der Waals surface area contributed by atoms with Crippen LogP contribution in [0.15, 0.2) is 24.3 Å². The number of urea groups is 1. The zero-order valence-electron chi connectivity index (χ0n) is 13.2. The van der Waals surface area contributed by atoms with Gasteiger partial charge in [-0.25, -0.2) is 4.79 Å². The largest absolute Gasteiger partial charge is 0.337 e. The van der Waals surface area contributed by atoms with E-state index in [4.69, 9.17) is 0 Å². The van der Waals surface area contributed by atoms with Gasteiger partial charge in [-0.15, -0.1) is 0 Å². The Morgan fingerprint density at radius 3 is 2.57 bits per heavy atom. The van der Waals surface area contributed by atoms with Crippen LogP contribution in [-0.4, -0.2) is 30.6 Å². The maximum Gasteiger partial charge on any atom is 0.317 e. The van der Waals surface area contributed by atoms with Crippen LogP contribution in [0.25, 0.3) is 0 Å². The number of aryl methyl sites for hydroxylation is 1. The lowest BCUT2D eigenvalue weighted by molar-refractivity contribution is 0.173. The summed E-state index contributed by atoms with van der Waals surface area (Å²) >= 11 is 0. The van der Waals surface area contributed by atoms with Crippen LogP contribution < -0.4 is 5.32 Å². The fourth-order valence-electron chi connectivity index (χ4n) is 3.43. The maximum atomic E-state index is 12.3. The Kier molecular flexibility index (Phi) is 3.92. The van der Waals surface area contributed by atoms with Crippen LogP contribution in [0.5, 0.6) is 0 Å². The van der Waals surface area contributed by atoms with E-state index >= 15 is 0 Å². The van der Waals surface area contributed by atoms with Crippen LogP contribution in [0.3, 0.4) is 0 Å². The van der Waals surface area contributed by atoms with E-state index in [1.54, 1.807) is 0 Å². The first-order valence-electron chi connectivity index (χ1n) is 8.20. The fraction of sp³-hybridized carbons (Fsp3) is 0.611. The summed E-state index contributed by atoms with van der Waals surface area (Å²) in [7, 11) is 0. The van der Waals surface area contributed by atoms with E-state index in [1.807, 2.05) is 4.90 Å². The lowest BCUT2D eigenvalue weighted by atomic mass is 9.92. The third kappa shape index (κ3) is 3.07. The summed E-state index contributed by atoms with van der Waals surface area (Å²) in [5, 5.41) is 3.18. The first-order valence-corrected chi connectivity index (χ1v) is 8.20. The fourth-order valence-corrected chi connectivity index (χ4v) is 3.43. The van der Waals surface area contributed by atoms with Crippen molar-refractivity contribution < 1.29 is 4.79 Å². The number of amides is 2. The summed E-state index contributed by atoms with van der Waals surface area (Å²) < 4.78 is 0. The Bertz CT molecular complexity index is 514. The van der Waals surface area contributed by atoms with Crippen molar-refractivity contribution >= 4 is 6.03 Å². The Morgan fingerprint density at radius 2 is 1.95 bits per heavy atom. The van der Waals surface area contributed by atoms with Gasteiger partial charge in [-0.3, -0.25) is 0 Å². The highest BCUT2D eigenvalue weighted by Gasteiger charge is 2.45. The molecule has 2 aliphatic rings. The van der Waals surface area contributed by atoms with E-state index < -0.39 is 0 Å². The van der Waals surface area contributed by atoms with E-state index in [0.717, 1.165) is 38.4 Å². The van der Waals surface area contributed by atoms with Gasteiger partial charge in [0.25, 0.3) is 0 Å². The number of carbonyl (C=O) groups excluding carboxylic acids is 1. The number of hydrogen-bond acceptors (Lipinski definition) is 1. The van der Waals surface area contributed by atoms with Gasteiger partial charge in [-0.05, 0) is 49.7 Å². The third-order valence-electron chi connectivity index (χ3n) is 5.22. The minimum absolute atomic E-state index is 0.127. The second-order valence-electron chi connectivity index (χ2n) is 6.92. The van der Waals surface area contributed by atoms with Crippen molar-refractivity contribution in [3.8, 4) is 0 Å². The Hall–Kier alpha value is -1.51. The van der Waals surface area contributed by atoms with Gasteiger partial charge in [0.15, 0.2) is 0 Å². The first kappa shape index (κ1) is 14.4. The van der Waals surface area contributed by atoms with Crippen LogP contribution in [0.4, 0.5) is 4.79 Å². The van der Waals surface area contributed by atoms with Crippen molar-refractivity contribution in [3.63, 3.8) is 0 Å². The molecular weight excluding hydrogens is 260 g/mol. The quantitative estimate of drug-likeness (QED) is 0.906. The van der Waals surface area contributed by atoms with E-state index in [2.05, 4.69) is 43.4 Å². The summed E-state index contributed by atoms with van der Waals surface area (Å²) in [6.45, 7) is 7.04. The van der Waals surface area contributed by atoms with Gasteiger partial charge in [0.1, 0.15) is 0 Å². The molecule has 1 saturated carbocycles. The highest BCUT2D eigenvalue weighted by Crippen LogP contribution is 2.48. The molecule has 1 saturated heterocycles. The first-order chi connectivity index (χ1) is 10.1. The molecule has 3 rings (SSSR count). The topological polar surface area (TPSA) is 32.3 Å². The van der Waals surface area contributed by atoms with E-state index in [1.165, 1.54) is 24.0 Å². The van der Waals surface area contributed by atoms with Gasteiger partial charge < -0.3 is 10.2 Å². The molecule has 2 amide bonds. The van der Waals surface area contributed by atoms with Crippen molar-refractivity contribution in [3.05, 3.63) is 35.4 Å². The van der Waals surface area contributed by atoms with Gasteiger partial charge in [-0.2, -0.15) is 0 Å². The zero-order chi connectivity index (χ0) is 14.9. The average Bonchev–Trinajstić information content (AvgIpc) is 3.27. The van der Waals surface area contributed by atoms with E-state index in [-0.39, 0.29) is 11.4 Å². The monoisotopic (exact) mass is 286 g/mol. The minimum atomic E-state index is 0.127. The molecule has 1 heterocycles. The highest BCUT2D eigenvalue weighted by molar-refractivity contribution is 5.74. The van der Waals surface area contributed by atoms with Crippen molar-refractivity contribution in [2.24, 2.45) is 5.92 Å². The summed E-state index contributed by atoms with van der Waals surface area (Å²) in [6.07, 6.45) is 4.65. The summed E-state index contributed by atoms with van der Waals surface area (Å²) in [5.41, 5.74) is 2.96. The van der Waals surface area contributed by atoms with Crippen LogP contribution in [0, 0.1) is 12.8 Å². The number of nitrogens with one attached hydrogen (secondary N) is 1. The van der Waals surface area contributed by atoms with Crippen molar-refractivity contribution in [1.82, 2.24) is 10.2 Å². The molecule has 3 nitrogen and oxygen atoms in total. The molecule has 0 radical (unpaired) electrons. The van der Waals surface area contributed by atoms with Gasteiger partial charge in [0.05, 0.1) is 0 Å². The zero-order valence-corrected chi connectivity index (χ0v) is 13.2. The number of nitrogens with zero attached hydrogens (tertiary/aromatic N) is 1. The van der Waals surface area contributed by atoms with Gasteiger partial charge in [0, 0.05) is 25.0 Å². The number of carbonyl (C=O) groups is 1. The smallest absolute Gasteiger partial charge is 0.317 e. The Labute approximate surface area is 127 Å². The Morgan fingerprint density at radius 1 is 1.29 bits per heavy atom. The molecular formula is C18H26N2O. The minimum Gasteiger partial charge on any atom is -0.337 e. The summed E-state index contributed by atoms with van der Waals surface area (Å²) in [5.74, 6) is 0.760. The molecule has 114 valence electrons. The lowest BCUT2D eigenvalue weighted by Gasteiger charge is -2.31. The SMILES string of the molecule is Cc1ccccc1C1(CNC(=O)N2CCC(C)CC2)CC1. The van der Waals surface area contributed by atoms with Gasteiger partial charge in [0.2, 0.25) is 0 Å². The predicted octanol–water partition coefficient (Wildman–Crippen LogP) is 3.47. The molecule has 0 aromatic heterocycles. The molecule has 3 heteroatoms. The van der Waals surface area contributed by atoms with Gasteiger partial charge >= 0.3 is 6.03 Å². The third-order valence-corrected chi connectivity index (χ3v) is 5.22. The van der Waals surface area contributed by atoms with Crippen LogP contribution >= 0.6 is 0 Å². The lowest BCUT2D eigenvalue weighted by Crippen LogP contribution is -2.46. The van der Waals surface area contributed by atoms with E-state index in [0.29, 0.717) is 0 Å². The van der Waals surface area contributed by atoms with Gasteiger partial charge in [-0.1, -0.05) is 31.2 Å². The Balaban J connectivity index is 1.58. The molecule has 0 spiro atoms. The molecule has 0 bridgehead atoms. The molecule has 1 aliphatic heterocycles. The average molecular weight is 286 g/mol. The number of rotatable bonds is 3. The normalized spacial score (nSPS) is 21.1. The standard InChI is InChI=1S/C18H26N2O/c1-14-7-11-20(12-8-14)17(21)19-13-18(9-10-18)16-6-4-3-5-15(16)2/h3-6,14H,7-13H2,1-2H3,(H,19,21). The highest BCUT2D eigenvalue weighted by atomic mass is 16.2. The summed E-state index contributed by atoms with van der Waals surface area (Å²) in [6, 6.07) is 8.71. The molecule has 1 aromatic rings. The molecule has 0 atom stereocenters. The molecule has 1 aliphatic carbocycles. The van der Waals surface area contributed by atoms with E-state index in [9.17, 15) is 4.79 Å². The second kappa shape index (κ2) is 5.70. The molecule has 21 heavy (non-hydrogen) atoms. The number of benzene rings is 1. The van der Waals surface area contributed by atoms with Crippen molar-refractivity contribution in [1.29, 1.82) is 0 Å². The molecule has 0 unspecified atom stereocenters. The molecule has 2 fully saturated rings. The maximum absolute atomic E-state index is 12.3. The number of piperidine rings is 1. The number of likely N-dealkylation sites (tertiary alicyclic amines) is 1. The predicted molar refractivity (Wildman–Crippen MR) is 85.5 cm³/mol. The second-order valence-corrected chi connectivity index (χ2v) is 6.92. The molecule has 1 N–H and O–H groups in total. The number of hydrogen-bond donors (Lipinski definition) is 1. The van der Waals surface area contributed by atoms with Crippen molar-refractivity contribution in [2.75, 3.05) is 19.6 Å². The molecule has 1 aromatic carbocycles.